The van der Waals surface area contributed by atoms with Crippen LogP contribution in [0.4, 0.5) is 0 Å². The van der Waals surface area contributed by atoms with Crippen LogP contribution in [-0.2, 0) is 17.7 Å². The highest BCUT2D eigenvalue weighted by Crippen LogP contribution is 2.07. The standard InChI is InChI=1S/C12H22N4O2/c1-2-15-5-7-18-12(9-15)10-16-8-11(13-14-16)4-3-6-17/h8,12,17H,2-7,9-10H2,1H3. The largest absolute Gasteiger partial charge is 0.396 e. The van der Waals surface area contributed by atoms with Gasteiger partial charge in [0.15, 0.2) is 0 Å². The quantitative estimate of drug-likeness (QED) is 0.769. The van der Waals surface area contributed by atoms with Gasteiger partial charge in [-0.2, -0.15) is 0 Å². The van der Waals surface area contributed by atoms with Crippen LogP contribution in [0.3, 0.4) is 0 Å². The molecule has 1 fully saturated rings. The third kappa shape index (κ3) is 3.76. The van der Waals surface area contributed by atoms with Gasteiger partial charge in [0.2, 0.25) is 0 Å². The first kappa shape index (κ1) is 13.5. The number of rotatable bonds is 6. The van der Waals surface area contributed by atoms with Crippen LogP contribution in [0.15, 0.2) is 6.20 Å². The Labute approximate surface area is 108 Å². The zero-order valence-corrected chi connectivity index (χ0v) is 11.0. The van der Waals surface area contributed by atoms with Crippen molar-refractivity contribution in [3.8, 4) is 0 Å². The maximum Gasteiger partial charge on any atom is 0.0898 e. The van der Waals surface area contributed by atoms with Gasteiger partial charge in [-0.1, -0.05) is 12.1 Å². The van der Waals surface area contributed by atoms with Gasteiger partial charge in [0.25, 0.3) is 0 Å². The zero-order chi connectivity index (χ0) is 12.8. The molecule has 0 amide bonds. The lowest BCUT2D eigenvalue weighted by Crippen LogP contribution is -2.44. The van der Waals surface area contributed by atoms with Gasteiger partial charge in [0.1, 0.15) is 0 Å². The Balaban J connectivity index is 1.83. The SMILES string of the molecule is CCN1CCOC(Cn2cc(CCCO)nn2)C1. The highest BCUT2D eigenvalue weighted by atomic mass is 16.5. The van der Waals surface area contributed by atoms with E-state index in [4.69, 9.17) is 9.84 Å². The number of ether oxygens (including phenoxy) is 1. The highest BCUT2D eigenvalue weighted by Gasteiger charge is 2.20. The minimum absolute atomic E-state index is 0.198. The fourth-order valence-electron chi connectivity index (χ4n) is 2.19. The summed E-state index contributed by atoms with van der Waals surface area (Å²) in [5.74, 6) is 0. The summed E-state index contributed by atoms with van der Waals surface area (Å²) in [6, 6.07) is 0. The van der Waals surface area contributed by atoms with E-state index in [1.807, 2.05) is 10.9 Å². The topological polar surface area (TPSA) is 63.4 Å². The van der Waals surface area contributed by atoms with E-state index in [-0.39, 0.29) is 12.7 Å². The molecule has 1 aromatic rings. The van der Waals surface area contributed by atoms with Crippen molar-refractivity contribution in [2.75, 3.05) is 32.8 Å². The molecule has 2 rings (SSSR count). The normalized spacial score (nSPS) is 21.3. The van der Waals surface area contributed by atoms with Crippen molar-refractivity contribution >= 4 is 0 Å². The van der Waals surface area contributed by atoms with Crippen molar-refractivity contribution < 1.29 is 9.84 Å². The summed E-state index contributed by atoms with van der Waals surface area (Å²) in [4.78, 5) is 2.39. The summed E-state index contributed by atoms with van der Waals surface area (Å²) in [6.07, 6.45) is 3.67. The number of aryl methyl sites for hydroxylation is 1. The van der Waals surface area contributed by atoms with Crippen molar-refractivity contribution in [1.29, 1.82) is 0 Å². The monoisotopic (exact) mass is 254 g/mol. The Morgan fingerprint density at radius 3 is 3.22 bits per heavy atom. The van der Waals surface area contributed by atoms with Gasteiger partial charge in [-0.05, 0) is 19.4 Å². The summed E-state index contributed by atoms with van der Waals surface area (Å²) in [5, 5.41) is 17.0. The van der Waals surface area contributed by atoms with E-state index in [0.29, 0.717) is 0 Å². The molecule has 1 unspecified atom stereocenters. The molecule has 6 heteroatoms. The minimum atomic E-state index is 0.198. The third-order valence-electron chi connectivity index (χ3n) is 3.24. The molecule has 2 heterocycles. The fourth-order valence-corrected chi connectivity index (χ4v) is 2.19. The molecule has 0 aromatic carbocycles. The second kappa shape index (κ2) is 6.82. The second-order valence-corrected chi connectivity index (χ2v) is 4.65. The van der Waals surface area contributed by atoms with Crippen LogP contribution in [0.25, 0.3) is 0 Å². The van der Waals surface area contributed by atoms with Gasteiger partial charge in [-0.15, -0.1) is 5.10 Å². The number of nitrogens with zero attached hydrogens (tertiary/aromatic N) is 4. The predicted octanol–water partition coefficient (Wildman–Crippen LogP) is -0.0763. The second-order valence-electron chi connectivity index (χ2n) is 4.65. The molecule has 0 spiro atoms. The van der Waals surface area contributed by atoms with Crippen LogP contribution in [0.2, 0.25) is 0 Å². The molecule has 6 nitrogen and oxygen atoms in total. The summed E-state index contributed by atoms with van der Waals surface area (Å²) < 4.78 is 7.58. The Morgan fingerprint density at radius 1 is 1.56 bits per heavy atom. The van der Waals surface area contributed by atoms with E-state index in [9.17, 15) is 0 Å². The number of aliphatic hydroxyl groups excluding tert-OH is 1. The highest BCUT2D eigenvalue weighted by molar-refractivity contribution is 4.92. The van der Waals surface area contributed by atoms with Crippen molar-refractivity contribution in [2.45, 2.75) is 32.4 Å². The zero-order valence-electron chi connectivity index (χ0n) is 11.0. The number of aromatic nitrogens is 3. The smallest absolute Gasteiger partial charge is 0.0898 e. The lowest BCUT2D eigenvalue weighted by Gasteiger charge is -2.31. The summed E-state index contributed by atoms with van der Waals surface area (Å²) in [5.41, 5.74) is 0.937. The molecule has 1 N–H and O–H groups in total. The molecule has 0 bridgehead atoms. The van der Waals surface area contributed by atoms with Gasteiger partial charge in [-0.25, -0.2) is 4.68 Å². The Hall–Kier alpha value is -0.980. The predicted molar refractivity (Wildman–Crippen MR) is 67.3 cm³/mol. The first-order chi connectivity index (χ1) is 8.81. The number of likely N-dealkylation sites (N-methyl/N-ethyl adjacent to an activating group) is 1. The third-order valence-corrected chi connectivity index (χ3v) is 3.24. The van der Waals surface area contributed by atoms with E-state index in [2.05, 4.69) is 22.1 Å². The maximum absolute atomic E-state index is 8.77. The number of hydrogen-bond acceptors (Lipinski definition) is 5. The average molecular weight is 254 g/mol. The lowest BCUT2D eigenvalue weighted by molar-refractivity contribution is -0.0360. The van der Waals surface area contributed by atoms with E-state index < -0.39 is 0 Å². The van der Waals surface area contributed by atoms with Crippen LogP contribution >= 0.6 is 0 Å². The summed E-state index contributed by atoms with van der Waals surface area (Å²) in [6.45, 7) is 6.97. The Bertz CT molecular complexity index is 356. The van der Waals surface area contributed by atoms with Gasteiger partial charge in [0.05, 0.1) is 24.9 Å². The molecule has 1 aliphatic rings. The van der Waals surface area contributed by atoms with Crippen LogP contribution < -0.4 is 0 Å². The molecule has 0 aliphatic carbocycles. The van der Waals surface area contributed by atoms with Crippen LogP contribution in [-0.4, -0.2) is 64.0 Å². The molecule has 1 saturated heterocycles. The number of morpholine rings is 1. The van der Waals surface area contributed by atoms with Gasteiger partial charge >= 0.3 is 0 Å². The fraction of sp³-hybridized carbons (Fsp3) is 0.833. The first-order valence-corrected chi connectivity index (χ1v) is 6.65. The lowest BCUT2D eigenvalue weighted by atomic mass is 10.2. The van der Waals surface area contributed by atoms with Gasteiger partial charge in [0, 0.05) is 25.9 Å². The molecular weight excluding hydrogens is 232 g/mol. The Morgan fingerprint density at radius 2 is 2.44 bits per heavy atom. The van der Waals surface area contributed by atoms with Crippen LogP contribution in [0, 0.1) is 0 Å². The van der Waals surface area contributed by atoms with E-state index in [0.717, 1.165) is 51.3 Å². The molecule has 1 atom stereocenters. The van der Waals surface area contributed by atoms with Gasteiger partial charge in [-0.3, -0.25) is 4.90 Å². The maximum atomic E-state index is 8.77. The van der Waals surface area contributed by atoms with Crippen molar-refractivity contribution in [1.82, 2.24) is 19.9 Å². The van der Waals surface area contributed by atoms with E-state index in [1.165, 1.54) is 0 Å². The summed E-state index contributed by atoms with van der Waals surface area (Å²) >= 11 is 0. The average Bonchev–Trinajstić information content (AvgIpc) is 2.84. The molecule has 1 aliphatic heterocycles. The van der Waals surface area contributed by atoms with Crippen LogP contribution in [0.1, 0.15) is 19.0 Å². The molecular formula is C12H22N4O2. The Kier molecular flexibility index (Phi) is 5.10. The van der Waals surface area contributed by atoms with Crippen molar-refractivity contribution in [3.63, 3.8) is 0 Å². The van der Waals surface area contributed by atoms with Crippen molar-refractivity contribution in [2.24, 2.45) is 0 Å². The molecule has 0 radical (unpaired) electrons. The van der Waals surface area contributed by atoms with Crippen LogP contribution in [0.5, 0.6) is 0 Å². The number of aliphatic hydroxyl groups is 1. The van der Waals surface area contributed by atoms with E-state index in [1.54, 1.807) is 0 Å². The molecule has 1 aromatic heterocycles. The van der Waals surface area contributed by atoms with Crippen molar-refractivity contribution in [3.05, 3.63) is 11.9 Å². The molecule has 0 saturated carbocycles. The summed E-state index contributed by atoms with van der Waals surface area (Å²) in [7, 11) is 0. The molecule has 102 valence electrons. The first-order valence-electron chi connectivity index (χ1n) is 6.65. The van der Waals surface area contributed by atoms with E-state index >= 15 is 0 Å². The number of hydrogen-bond donors (Lipinski definition) is 1. The minimum Gasteiger partial charge on any atom is -0.396 e. The molecule has 18 heavy (non-hydrogen) atoms. The van der Waals surface area contributed by atoms with Gasteiger partial charge < -0.3 is 9.84 Å².